The highest BCUT2D eigenvalue weighted by molar-refractivity contribution is 5.97. The van der Waals surface area contributed by atoms with Gasteiger partial charge in [-0.05, 0) is 37.1 Å². The number of hydrogen-bond donors (Lipinski definition) is 1. The molecule has 0 unspecified atom stereocenters. The number of likely N-dealkylation sites (N-methyl/N-ethyl adjacent to an activating group) is 1. The van der Waals surface area contributed by atoms with E-state index in [0.717, 1.165) is 37.1 Å². The first kappa shape index (κ1) is 20.3. The number of hydrogen-bond acceptors (Lipinski definition) is 4. The maximum Gasteiger partial charge on any atom is 0.262 e. The number of anilines is 2. The molecule has 0 aromatic heterocycles. The summed E-state index contributed by atoms with van der Waals surface area (Å²) in [5.41, 5.74) is 1.79. The molecule has 0 spiro atoms. The van der Waals surface area contributed by atoms with Crippen LogP contribution in [0.2, 0.25) is 0 Å². The van der Waals surface area contributed by atoms with Crippen molar-refractivity contribution in [2.45, 2.75) is 44.2 Å². The number of fused-ring (bicyclic) bond motifs is 1. The second-order valence-electron chi connectivity index (χ2n) is 7.96. The summed E-state index contributed by atoms with van der Waals surface area (Å²) in [4.78, 5) is 29.8. The van der Waals surface area contributed by atoms with Crippen LogP contribution < -0.4 is 19.9 Å². The number of para-hydroxylation sites is 3. The van der Waals surface area contributed by atoms with Gasteiger partial charge >= 0.3 is 0 Å². The van der Waals surface area contributed by atoms with Gasteiger partial charge in [0.1, 0.15) is 5.75 Å². The summed E-state index contributed by atoms with van der Waals surface area (Å²) in [6.07, 6.45) is 4.96. The second kappa shape index (κ2) is 9.20. The molecule has 0 radical (unpaired) electrons. The molecule has 6 nitrogen and oxygen atoms in total. The van der Waals surface area contributed by atoms with Crippen LogP contribution in [-0.2, 0) is 9.59 Å². The number of ether oxygens (including phenoxy) is 1. The molecular formula is C24H29N3O3. The quantitative estimate of drug-likeness (QED) is 0.826. The van der Waals surface area contributed by atoms with E-state index < -0.39 is 6.10 Å². The molecule has 1 heterocycles. The van der Waals surface area contributed by atoms with E-state index in [9.17, 15) is 9.59 Å². The molecule has 2 aromatic rings. The summed E-state index contributed by atoms with van der Waals surface area (Å²) in [7, 11) is 1.60. The van der Waals surface area contributed by atoms with Gasteiger partial charge in [-0.1, -0.05) is 49.6 Å². The average Bonchev–Trinajstić information content (AvgIpc) is 2.80. The van der Waals surface area contributed by atoms with Crippen molar-refractivity contribution in [3.63, 3.8) is 0 Å². The van der Waals surface area contributed by atoms with Gasteiger partial charge in [-0.3, -0.25) is 9.59 Å². The lowest BCUT2D eigenvalue weighted by Gasteiger charge is -2.39. The van der Waals surface area contributed by atoms with E-state index in [0.29, 0.717) is 12.3 Å². The lowest BCUT2D eigenvalue weighted by molar-refractivity contribution is -0.127. The number of rotatable bonds is 5. The minimum Gasteiger partial charge on any atom is -0.477 e. The third-order valence-electron chi connectivity index (χ3n) is 5.97. The van der Waals surface area contributed by atoms with Crippen LogP contribution in [0.25, 0.3) is 0 Å². The first-order valence-corrected chi connectivity index (χ1v) is 10.8. The highest BCUT2D eigenvalue weighted by Gasteiger charge is 2.33. The average molecular weight is 408 g/mol. The molecule has 1 aliphatic heterocycles. The van der Waals surface area contributed by atoms with Crippen molar-refractivity contribution in [1.82, 2.24) is 5.32 Å². The van der Waals surface area contributed by atoms with Gasteiger partial charge in [0.25, 0.3) is 5.91 Å². The Labute approximate surface area is 177 Å². The van der Waals surface area contributed by atoms with Gasteiger partial charge < -0.3 is 19.9 Å². The number of benzene rings is 2. The fourth-order valence-electron chi connectivity index (χ4n) is 4.48. The van der Waals surface area contributed by atoms with Crippen molar-refractivity contribution in [3.8, 4) is 5.75 Å². The van der Waals surface area contributed by atoms with E-state index in [1.165, 1.54) is 6.42 Å². The minimum absolute atomic E-state index is 0.0560. The number of nitrogens with zero attached hydrogens (tertiary/aromatic N) is 2. The fraction of sp³-hybridized carbons (Fsp3) is 0.417. The molecule has 1 fully saturated rings. The largest absolute Gasteiger partial charge is 0.477 e. The summed E-state index contributed by atoms with van der Waals surface area (Å²) in [5, 5.41) is 2.65. The van der Waals surface area contributed by atoms with Crippen molar-refractivity contribution < 1.29 is 14.3 Å². The lowest BCUT2D eigenvalue weighted by atomic mass is 9.93. The summed E-state index contributed by atoms with van der Waals surface area (Å²) in [6.45, 7) is 0.551. The van der Waals surface area contributed by atoms with Gasteiger partial charge in [0, 0.05) is 18.8 Å². The van der Waals surface area contributed by atoms with Crippen LogP contribution in [0.1, 0.15) is 32.1 Å². The minimum atomic E-state index is -0.641. The Kier molecular flexibility index (Phi) is 6.21. The van der Waals surface area contributed by atoms with E-state index in [1.54, 1.807) is 7.05 Å². The maximum atomic E-state index is 13.6. The van der Waals surface area contributed by atoms with Gasteiger partial charge in [0.05, 0.1) is 18.8 Å². The lowest BCUT2D eigenvalue weighted by Crippen LogP contribution is -2.52. The molecule has 4 rings (SSSR count). The van der Waals surface area contributed by atoms with Crippen molar-refractivity contribution in [1.29, 1.82) is 0 Å². The number of carbonyl (C=O) groups excluding carboxylic acids is 2. The number of carbonyl (C=O) groups is 2. The van der Waals surface area contributed by atoms with Crippen LogP contribution in [-0.4, -0.2) is 44.1 Å². The summed E-state index contributed by atoms with van der Waals surface area (Å²) < 4.78 is 5.88. The van der Waals surface area contributed by atoms with Crippen LogP contribution in [0.3, 0.4) is 0 Å². The van der Waals surface area contributed by atoms with Crippen LogP contribution in [0.5, 0.6) is 5.75 Å². The van der Waals surface area contributed by atoms with Gasteiger partial charge in [-0.25, -0.2) is 0 Å². The Balaban J connectivity index is 1.60. The highest BCUT2D eigenvalue weighted by Crippen LogP contribution is 2.34. The van der Waals surface area contributed by atoms with Crippen molar-refractivity contribution in [3.05, 3.63) is 54.6 Å². The molecule has 30 heavy (non-hydrogen) atoms. The van der Waals surface area contributed by atoms with E-state index in [2.05, 4.69) is 5.32 Å². The first-order valence-electron chi connectivity index (χ1n) is 10.8. The molecule has 1 N–H and O–H groups in total. The Bertz CT molecular complexity index is 880. The van der Waals surface area contributed by atoms with Crippen molar-refractivity contribution in [2.24, 2.45) is 0 Å². The van der Waals surface area contributed by atoms with Gasteiger partial charge in [-0.2, -0.15) is 0 Å². The van der Waals surface area contributed by atoms with E-state index >= 15 is 0 Å². The number of amides is 2. The molecule has 2 aromatic carbocycles. The Morgan fingerprint density at radius 2 is 1.73 bits per heavy atom. The van der Waals surface area contributed by atoms with Gasteiger partial charge in [0.15, 0.2) is 6.10 Å². The third kappa shape index (κ3) is 4.27. The molecular weight excluding hydrogens is 378 g/mol. The van der Waals surface area contributed by atoms with Crippen LogP contribution >= 0.6 is 0 Å². The van der Waals surface area contributed by atoms with E-state index in [-0.39, 0.29) is 24.4 Å². The van der Waals surface area contributed by atoms with Crippen molar-refractivity contribution in [2.75, 3.05) is 29.9 Å². The fourth-order valence-corrected chi connectivity index (χ4v) is 4.48. The zero-order valence-electron chi connectivity index (χ0n) is 17.4. The molecule has 2 amide bonds. The molecule has 1 atom stereocenters. The Morgan fingerprint density at radius 3 is 2.47 bits per heavy atom. The zero-order valence-corrected chi connectivity index (χ0v) is 17.4. The maximum absolute atomic E-state index is 13.6. The van der Waals surface area contributed by atoms with Gasteiger partial charge in [0.2, 0.25) is 5.91 Å². The molecule has 6 heteroatoms. The molecule has 2 aliphatic rings. The SMILES string of the molecule is CNC(=O)[C@@H]1CN(CC(=O)N(c2ccccc2)C2CCCCC2)c2ccccc2O1. The summed E-state index contributed by atoms with van der Waals surface area (Å²) >= 11 is 0. The second-order valence-corrected chi connectivity index (χ2v) is 7.96. The monoisotopic (exact) mass is 407 g/mol. The van der Waals surface area contributed by atoms with Gasteiger partial charge in [-0.15, -0.1) is 0 Å². The first-order chi connectivity index (χ1) is 14.7. The number of nitrogens with one attached hydrogen (secondary N) is 1. The normalized spacial score (nSPS) is 18.8. The van der Waals surface area contributed by atoms with E-state index in [1.807, 2.05) is 64.4 Å². The Morgan fingerprint density at radius 1 is 1.03 bits per heavy atom. The highest BCUT2D eigenvalue weighted by atomic mass is 16.5. The molecule has 1 aliphatic carbocycles. The smallest absolute Gasteiger partial charge is 0.262 e. The van der Waals surface area contributed by atoms with Crippen LogP contribution in [0, 0.1) is 0 Å². The zero-order chi connectivity index (χ0) is 20.9. The van der Waals surface area contributed by atoms with Crippen LogP contribution in [0.15, 0.2) is 54.6 Å². The summed E-state index contributed by atoms with van der Waals surface area (Å²) in [6, 6.07) is 17.8. The standard InChI is InChI=1S/C24H29N3O3/c1-25-24(29)22-16-26(20-14-8-9-15-21(20)30-22)17-23(28)27(18-10-4-2-5-11-18)19-12-6-3-7-13-19/h2,4-5,8-11,14-15,19,22H,3,6-7,12-13,16-17H2,1H3,(H,25,29)/t22-/m0/s1. The van der Waals surface area contributed by atoms with Crippen LogP contribution in [0.4, 0.5) is 11.4 Å². The molecule has 158 valence electrons. The molecule has 0 bridgehead atoms. The summed E-state index contributed by atoms with van der Waals surface area (Å²) in [5.74, 6) is 0.503. The predicted molar refractivity (Wildman–Crippen MR) is 118 cm³/mol. The molecule has 1 saturated carbocycles. The molecule has 0 saturated heterocycles. The van der Waals surface area contributed by atoms with Crippen molar-refractivity contribution >= 4 is 23.2 Å². The third-order valence-corrected chi connectivity index (χ3v) is 5.97. The Hall–Kier alpha value is -3.02. The topological polar surface area (TPSA) is 61.9 Å². The predicted octanol–water partition coefficient (Wildman–Crippen LogP) is 3.37. The van der Waals surface area contributed by atoms with E-state index in [4.69, 9.17) is 4.74 Å².